The molecule has 0 N–H and O–H groups in total. The van der Waals surface area contributed by atoms with Crippen molar-refractivity contribution in [3.8, 4) is 0 Å². The van der Waals surface area contributed by atoms with Gasteiger partial charge in [0.25, 0.3) is 5.91 Å². The molecule has 2 heterocycles. The van der Waals surface area contributed by atoms with Crippen LogP contribution in [-0.4, -0.2) is 22.8 Å². The molecular formula is C12H11ClN2O2. The van der Waals surface area contributed by atoms with Gasteiger partial charge in [-0.1, -0.05) is 11.6 Å². The van der Waals surface area contributed by atoms with E-state index in [-0.39, 0.29) is 5.91 Å². The van der Waals surface area contributed by atoms with Crippen LogP contribution in [0.25, 0.3) is 0 Å². The van der Waals surface area contributed by atoms with Crippen molar-refractivity contribution >= 4 is 17.5 Å². The van der Waals surface area contributed by atoms with Crippen molar-refractivity contribution in [2.75, 3.05) is 7.05 Å². The van der Waals surface area contributed by atoms with E-state index in [1.54, 1.807) is 36.4 Å². The zero-order valence-electron chi connectivity index (χ0n) is 9.26. The number of hydrogen-bond donors (Lipinski definition) is 0. The van der Waals surface area contributed by atoms with Crippen molar-refractivity contribution in [1.29, 1.82) is 0 Å². The largest absolute Gasteiger partial charge is 0.467 e. The second kappa shape index (κ2) is 5.01. The minimum Gasteiger partial charge on any atom is -0.467 e. The predicted octanol–water partition coefficient (Wildman–Crippen LogP) is 2.60. The van der Waals surface area contributed by atoms with Gasteiger partial charge < -0.3 is 9.32 Å². The van der Waals surface area contributed by atoms with Gasteiger partial charge in [-0.2, -0.15) is 0 Å². The van der Waals surface area contributed by atoms with E-state index in [0.29, 0.717) is 17.3 Å². The van der Waals surface area contributed by atoms with Crippen LogP contribution in [0, 0.1) is 0 Å². The van der Waals surface area contributed by atoms with Crippen molar-refractivity contribution in [1.82, 2.24) is 9.88 Å². The Labute approximate surface area is 104 Å². The third kappa shape index (κ3) is 2.85. The van der Waals surface area contributed by atoms with Crippen molar-refractivity contribution in [2.24, 2.45) is 0 Å². The summed E-state index contributed by atoms with van der Waals surface area (Å²) in [7, 11) is 1.71. The van der Waals surface area contributed by atoms with Gasteiger partial charge in [-0.05, 0) is 24.3 Å². The highest BCUT2D eigenvalue weighted by atomic mass is 35.5. The number of furan rings is 1. The molecule has 0 saturated carbocycles. The number of rotatable bonds is 3. The highest BCUT2D eigenvalue weighted by molar-refractivity contribution is 6.29. The number of aromatic nitrogens is 1. The van der Waals surface area contributed by atoms with E-state index >= 15 is 0 Å². The SMILES string of the molecule is CN(Cc1ccco1)C(=O)c1ccnc(Cl)c1. The standard InChI is InChI=1S/C12H11ClN2O2/c1-15(8-10-3-2-6-17-10)12(16)9-4-5-14-11(13)7-9/h2-7H,8H2,1H3. The molecule has 0 bridgehead atoms. The minimum absolute atomic E-state index is 0.120. The summed E-state index contributed by atoms with van der Waals surface area (Å²) >= 11 is 5.74. The van der Waals surface area contributed by atoms with Gasteiger partial charge in [-0.3, -0.25) is 4.79 Å². The molecule has 0 fully saturated rings. The Hall–Kier alpha value is -1.81. The van der Waals surface area contributed by atoms with Crippen molar-refractivity contribution < 1.29 is 9.21 Å². The molecule has 0 aliphatic rings. The zero-order chi connectivity index (χ0) is 12.3. The summed E-state index contributed by atoms with van der Waals surface area (Å²) in [6.45, 7) is 0.422. The van der Waals surface area contributed by atoms with E-state index in [9.17, 15) is 4.79 Å². The van der Waals surface area contributed by atoms with Gasteiger partial charge >= 0.3 is 0 Å². The van der Waals surface area contributed by atoms with Crippen LogP contribution in [0.5, 0.6) is 0 Å². The lowest BCUT2D eigenvalue weighted by Gasteiger charge is -2.15. The lowest BCUT2D eigenvalue weighted by atomic mass is 10.2. The average Bonchev–Trinajstić information content (AvgIpc) is 2.80. The molecule has 0 atom stereocenters. The number of halogens is 1. The summed E-state index contributed by atoms with van der Waals surface area (Å²) < 4.78 is 5.18. The molecule has 2 aromatic heterocycles. The van der Waals surface area contributed by atoms with Crippen LogP contribution >= 0.6 is 11.6 Å². The fourth-order valence-corrected chi connectivity index (χ4v) is 1.64. The molecule has 1 amide bonds. The predicted molar refractivity (Wildman–Crippen MR) is 63.8 cm³/mol. The van der Waals surface area contributed by atoms with Gasteiger partial charge in [0.05, 0.1) is 12.8 Å². The molecule has 0 radical (unpaired) electrons. The molecule has 0 aromatic carbocycles. The number of hydrogen-bond acceptors (Lipinski definition) is 3. The molecule has 2 aromatic rings. The van der Waals surface area contributed by atoms with Gasteiger partial charge in [0, 0.05) is 18.8 Å². The van der Waals surface area contributed by atoms with E-state index in [1.165, 1.54) is 6.20 Å². The monoisotopic (exact) mass is 250 g/mol. The van der Waals surface area contributed by atoms with E-state index < -0.39 is 0 Å². The molecular weight excluding hydrogens is 240 g/mol. The number of pyridine rings is 1. The highest BCUT2D eigenvalue weighted by Gasteiger charge is 2.13. The Morgan fingerprint density at radius 2 is 2.35 bits per heavy atom. The number of nitrogens with zero attached hydrogens (tertiary/aromatic N) is 2. The molecule has 2 rings (SSSR count). The third-order valence-corrected chi connectivity index (χ3v) is 2.50. The molecule has 17 heavy (non-hydrogen) atoms. The normalized spacial score (nSPS) is 10.2. The van der Waals surface area contributed by atoms with Crippen LogP contribution in [0.2, 0.25) is 5.15 Å². The fourth-order valence-electron chi connectivity index (χ4n) is 1.46. The Balaban J connectivity index is 2.09. The molecule has 0 spiro atoms. The lowest BCUT2D eigenvalue weighted by molar-refractivity contribution is 0.0775. The maximum atomic E-state index is 12.0. The second-order valence-electron chi connectivity index (χ2n) is 3.61. The summed E-state index contributed by atoms with van der Waals surface area (Å²) in [6.07, 6.45) is 3.09. The van der Waals surface area contributed by atoms with Crippen LogP contribution in [0.3, 0.4) is 0 Å². The molecule has 0 aliphatic heterocycles. The average molecular weight is 251 g/mol. The first-order chi connectivity index (χ1) is 8.16. The first kappa shape index (κ1) is 11.7. The Morgan fingerprint density at radius 1 is 1.53 bits per heavy atom. The number of amides is 1. The first-order valence-electron chi connectivity index (χ1n) is 5.06. The zero-order valence-corrected chi connectivity index (χ0v) is 10.0. The minimum atomic E-state index is -0.120. The van der Waals surface area contributed by atoms with Crippen LogP contribution < -0.4 is 0 Å². The summed E-state index contributed by atoms with van der Waals surface area (Å²) in [6, 6.07) is 6.79. The molecule has 4 nitrogen and oxygen atoms in total. The van der Waals surface area contributed by atoms with Gasteiger partial charge in [0.1, 0.15) is 10.9 Å². The quantitative estimate of drug-likeness (QED) is 0.787. The van der Waals surface area contributed by atoms with Crippen molar-refractivity contribution in [3.05, 3.63) is 53.2 Å². The summed E-state index contributed by atoms with van der Waals surface area (Å²) in [5.41, 5.74) is 0.513. The molecule has 0 unspecified atom stereocenters. The Morgan fingerprint density at radius 3 is 3.00 bits per heavy atom. The Bertz CT molecular complexity index is 511. The summed E-state index contributed by atoms with van der Waals surface area (Å²) in [5.74, 6) is 0.617. The maximum Gasteiger partial charge on any atom is 0.254 e. The molecule has 0 saturated heterocycles. The molecule has 5 heteroatoms. The number of carbonyl (C=O) groups is 1. The Kier molecular flexibility index (Phi) is 3.44. The van der Waals surface area contributed by atoms with Gasteiger partial charge in [-0.15, -0.1) is 0 Å². The molecule has 0 aliphatic carbocycles. The van der Waals surface area contributed by atoms with Gasteiger partial charge in [-0.25, -0.2) is 4.98 Å². The lowest BCUT2D eigenvalue weighted by Crippen LogP contribution is -2.26. The summed E-state index contributed by atoms with van der Waals surface area (Å²) in [5, 5.41) is 0.308. The van der Waals surface area contributed by atoms with Crippen LogP contribution in [0.15, 0.2) is 41.1 Å². The second-order valence-corrected chi connectivity index (χ2v) is 4.00. The topological polar surface area (TPSA) is 46.3 Å². The van der Waals surface area contributed by atoms with Crippen LogP contribution in [0.1, 0.15) is 16.1 Å². The van der Waals surface area contributed by atoms with Crippen molar-refractivity contribution in [2.45, 2.75) is 6.54 Å². The van der Waals surface area contributed by atoms with E-state index in [2.05, 4.69) is 4.98 Å². The van der Waals surface area contributed by atoms with Crippen LogP contribution in [-0.2, 0) is 6.54 Å². The first-order valence-corrected chi connectivity index (χ1v) is 5.44. The van der Waals surface area contributed by atoms with Gasteiger partial charge in [0.2, 0.25) is 0 Å². The van der Waals surface area contributed by atoms with E-state index in [1.807, 2.05) is 6.07 Å². The number of carbonyl (C=O) groups excluding carboxylic acids is 1. The van der Waals surface area contributed by atoms with E-state index in [0.717, 1.165) is 5.76 Å². The van der Waals surface area contributed by atoms with Gasteiger partial charge in [0.15, 0.2) is 0 Å². The molecule has 88 valence electrons. The highest BCUT2D eigenvalue weighted by Crippen LogP contribution is 2.11. The van der Waals surface area contributed by atoms with Crippen LogP contribution in [0.4, 0.5) is 0 Å². The van der Waals surface area contributed by atoms with Crippen molar-refractivity contribution in [3.63, 3.8) is 0 Å². The smallest absolute Gasteiger partial charge is 0.254 e. The summed E-state index contributed by atoms with van der Waals surface area (Å²) in [4.78, 5) is 17.4. The van der Waals surface area contributed by atoms with E-state index in [4.69, 9.17) is 16.0 Å². The fraction of sp³-hybridized carbons (Fsp3) is 0.167. The maximum absolute atomic E-state index is 12.0. The third-order valence-electron chi connectivity index (χ3n) is 2.29.